The number of aryl methyl sites for hydroxylation is 1. The molecular weight excluding hydrogens is 406 g/mol. The first-order valence-electron chi connectivity index (χ1n) is 11.3. The molecule has 32 heavy (non-hydrogen) atoms. The normalized spacial score (nSPS) is 21.8. The summed E-state index contributed by atoms with van der Waals surface area (Å²) in [6.07, 6.45) is 8.76. The van der Waals surface area contributed by atoms with Gasteiger partial charge in [0.2, 0.25) is 0 Å². The zero-order valence-electron chi connectivity index (χ0n) is 18.4. The van der Waals surface area contributed by atoms with E-state index < -0.39 is 0 Å². The van der Waals surface area contributed by atoms with E-state index in [0.717, 1.165) is 43.6 Å². The Morgan fingerprint density at radius 3 is 2.88 bits per heavy atom. The van der Waals surface area contributed by atoms with Gasteiger partial charge in [0.15, 0.2) is 5.76 Å². The second kappa shape index (κ2) is 8.07. The van der Waals surface area contributed by atoms with Crippen LogP contribution in [-0.4, -0.2) is 53.3 Å². The Labute approximate surface area is 187 Å². The molecule has 1 unspecified atom stereocenters. The maximum atomic E-state index is 12.8. The van der Waals surface area contributed by atoms with Crippen molar-refractivity contribution in [1.29, 1.82) is 0 Å². The molecule has 1 spiro atoms. The number of H-pyrrole nitrogens is 1. The van der Waals surface area contributed by atoms with Gasteiger partial charge in [0.1, 0.15) is 11.5 Å². The topological polar surface area (TPSA) is 104 Å². The van der Waals surface area contributed by atoms with Crippen molar-refractivity contribution in [3.63, 3.8) is 0 Å². The van der Waals surface area contributed by atoms with Crippen molar-refractivity contribution in [2.24, 2.45) is 16.3 Å². The molecule has 0 radical (unpaired) electrons. The van der Waals surface area contributed by atoms with Gasteiger partial charge in [-0.25, -0.2) is 0 Å². The van der Waals surface area contributed by atoms with Crippen LogP contribution in [0.25, 0.3) is 6.08 Å². The predicted molar refractivity (Wildman–Crippen MR) is 121 cm³/mol. The Balaban J connectivity index is 1.10. The van der Waals surface area contributed by atoms with Gasteiger partial charge in [-0.15, -0.1) is 0 Å². The Bertz CT molecular complexity index is 1070. The molecule has 1 aliphatic heterocycles. The van der Waals surface area contributed by atoms with Gasteiger partial charge >= 0.3 is 0 Å². The number of amides is 2. The molecule has 3 aliphatic rings. The van der Waals surface area contributed by atoms with E-state index in [0.29, 0.717) is 35.6 Å². The van der Waals surface area contributed by atoms with Crippen molar-refractivity contribution >= 4 is 24.6 Å². The number of rotatable bonds is 7. The van der Waals surface area contributed by atoms with Crippen molar-refractivity contribution in [2.45, 2.75) is 44.9 Å². The minimum atomic E-state index is -0.195. The number of carbonyl (C=O) groups excluding carboxylic acids is 2. The highest BCUT2D eigenvalue weighted by molar-refractivity contribution is 5.93. The summed E-state index contributed by atoms with van der Waals surface area (Å²) >= 11 is 0. The van der Waals surface area contributed by atoms with Crippen LogP contribution in [0.5, 0.6) is 0 Å². The van der Waals surface area contributed by atoms with Gasteiger partial charge in [0, 0.05) is 43.0 Å². The number of hydrogen-bond acceptors (Lipinski definition) is 5. The fourth-order valence-electron chi connectivity index (χ4n) is 4.91. The molecule has 5 rings (SSSR count). The third kappa shape index (κ3) is 4.01. The Morgan fingerprint density at radius 2 is 2.16 bits per heavy atom. The second-order valence-corrected chi connectivity index (χ2v) is 9.37. The first kappa shape index (κ1) is 20.7. The summed E-state index contributed by atoms with van der Waals surface area (Å²) in [5.74, 6) is 1.84. The lowest BCUT2D eigenvalue weighted by Crippen LogP contribution is -2.40. The van der Waals surface area contributed by atoms with Crippen LogP contribution in [0.2, 0.25) is 0 Å². The molecule has 2 aromatic heterocycles. The first-order chi connectivity index (χ1) is 15.5. The zero-order valence-corrected chi connectivity index (χ0v) is 18.4. The Morgan fingerprint density at radius 1 is 1.38 bits per heavy atom. The summed E-state index contributed by atoms with van der Waals surface area (Å²) in [5, 5.41) is 10.3. The quantitative estimate of drug-likeness (QED) is 0.649. The van der Waals surface area contributed by atoms with Crippen molar-refractivity contribution < 1.29 is 14.0 Å². The number of nitrogens with one attached hydrogen (secondary N) is 2. The summed E-state index contributed by atoms with van der Waals surface area (Å²) < 4.78 is 5.59. The number of piperidine rings is 1. The van der Waals surface area contributed by atoms with Crippen LogP contribution in [0.1, 0.15) is 76.1 Å². The van der Waals surface area contributed by atoms with Gasteiger partial charge in [0.05, 0.1) is 0 Å². The monoisotopic (exact) mass is 435 g/mol. The van der Waals surface area contributed by atoms with Crippen molar-refractivity contribution in [3.05, 3.63) is 46.8 Å². The van der Waals surface area contributed by atoms with Crippen LogP contribution in [0.3, 0.4) is 0 Å². The third-order valence-corrected chi connectivity index (χ3v) is 7.29. The number of carbonyl (C=O) groups is 2. The number of aromatic amines is 1. The van der Waals surface area contributed by atoms with E-state index >= 15 is 0 Å². The molecule has 2 aromatic rings. The van der Waals surface area contributed by atoms with Gasteiger partial charge in [-0.05, 0) is 75.3 Å². The van der Waals surface area contributed by atoms with E-state index in [2.05, 4.69) is 27.2 Å². The average Bonchev–Trinajstić information content (AvgIpc) is 3.67. The number of furan rings is 1. The zero-order chi connectivity index (χ0) is 22.3. The van der Waals surface area contributed by atoms with Crippen LogP contribution in [0, 0.1) is 18.3 Å². The molecule has 2 aliphatic carbocycles. The van der Waals surface area contributed by atoms with E-state index in [1.54, 1.807) is 18.3 Å². The minimum Gasteiger partial charge on any atom is -0.456 e. The molecular formula is C24H29N5O3. The molecule has 3 heterocycles. The number of nitrogens with zero attached hydrogens (tertiary/aromatic N) is 3. The van der Waals surface area contributed by atoms with E-state index in [9.17, 15) is 9.59 Å². The lowest BCUT2D eigenvalue weighted by Gasteiger charge is -2.32. The van der Waals surface area contributed by atoms with Crippen LogP contribution in [0.15, 0.2) is 27.7 Å². The molecule has 2 N–H and O–H groups in total. The lowest BCUT2D eigenvalue weighted by atomic mass is 9.90. The maximum Gasteiger partial charge on any atom is 0.287 e. The van der Waals surface area contributed by atoms with Gasteiger partial charge in [-0.2, -0.15) is 5.10 Å². The number of hydrogen-bond donors (Lipinski definition) is 2. The average molecular weight is 436 g/mol. The van der Waals surface area contributed by atoms with E-state index in [1.807, 2.05) is 17.9 Å². The third-order valence-electron chi connectivity index (χ3n) is 7.29. The van der Waals surface area contributed by atoms with E-state index in [4.69, 9.17) is 4.42 Å². The highest BCUT2D eigenvalue weighted by Gasteiger charge is 2.55. The van der Waals surface area contributed by atoms with Crippen molar-refractivity contribution in [2.75, 3.05) is 19.6 Å². The van der Waals surface area contributed by atoms with E-state index in [1.165, 1.54) is 12.8 Å². The van der Waals surface area contributed by atoms with Crippen molar-refractivity contribution in [3.8, 4) is 0 Å². The van der Waals surface area contributed by atoms with Crippen LogP contribution < -0.4 is 5.32 Å². The predicted octanol–water partition coefficient (Wildman–Crippen LogP) is 3.53. The number of aromatic nitrogens is 2. The summed E-state index contributed by atoms with van der Waals surface area (Å²) in [5.41, 5.74) is 2.70. The largest absolute Gasteiger partial charge is 0.456 e. The molecule has 2 saturated carbocycles. The lowest BCUT2D eigenvalue weighted by molar-refractivity contribution is 0.0662. The fourth-order valence-corrected chi connectivity index (χ4v) is 4.91. The molecule has 1 atom stereocenters. The fraction of sp³-hybridized carbons (Fsp3) is 0.500. The Kier molecular flexibility index (Phi) is 5.23. The molecule has 2 amide bonds. The summed E-state index contributed by atoms with van der Waals surface area (Å²) in [4.78, 5) is 30.9. The van der Waals surface area contributed by atoms with Crippen LogP contribution >= 0.6 is 0 Å². The molecule has 3 fully saturated rings. The molecule has 0 aromatic carbocycles. The minimum absolute atomic E-state index is 0.0261. The first-order valence-corrected chi connectivity index (χ1v) is 11.3. The molecule has 8 nitrogen and oxygen atoms in total. The van der Waals surface area contributed by atoms with Crippen LogP contribution in [0.4, 0.5) is 0 Å². The molecule has 1 saturated heterocycles. The highest BCUT2D eigenvalue weighted by atomic mass is 16.3. The molecule has 168 valence electrons. The number of aliphatic imine (C=N–C) groups is 1. The molecule has 8 heteroatoms. The second-order valence-electron chi connectivity index (χ2n) is 9.37. The van der Waals surface area contributed by atoms with E-state index in [-0.39, 0.29) is 17.2 Å². The van der Waals surface area contributed by atoms with Gasteiger partial charge < -0.3 is 14.6 Å². The summed E-state index contributed by atoms with van der Waals surface area (Å²) in [7, 11) is 0. The Hall–Kier alpha value is -3.16. The highest BCUT2D eigenvalue weighted by Crippen LogP contribution is 2.59. The van der Waals surface area contributed by atoms with Gasteiger partial charge in [-0.1, -0.05) is 0 Å². The smallest absolute Gasteiger partial charge is 0.287 e. The maximum absolute atomic E-state index is 12.8. The van der Waals surface area contributed by atoms with Crippen molar-refractivity contribution in [1.82, 2.24) is 20.4 Å². The summed E-state index contributed by atoms with van der Waals surface area (Å²) in [6.45, 7) is 7.36. The van der Waals surface area contributed by atoms with Gasteiger partial charge in [0.25, 0.3) is 11.8 Å². The standard InChI is InChI=1S/C24H29N5O3/c1-15-17(5-8-25-2)11-21(32-15)22(30)26-14-18-13-24(18)6-9-29(10-7-24)23(31)20-12-19(27-28-20)16-3-4-16/h5,8,11-12,16,18H,2-4,6-7,9-10,13-14H2,1H3,(H,26,30)(H,27,28)/b8-5-. The van der Waals surface area contributed by atoms with Gasteiger partial charge in [-0.3, -0.25) is 19.7 Å². The molecule has 0 bridgehead atoms. The SMILES string of the molecule is C=N/C=C\c1cc(C(=O)NCC2CC23CCN(C(=O)c2cc(C4CC4)[nH]n2)CC3)oc1C. The van der Waals surface area contributed by atoms with Crippen LogP contribution in [-0.2, 0) is 0 Å². The number of likely N-dealkylation sites (tertiary alicyclic amines) is 1. The summed E-state index contributed by atoms with van der Waals surface area (Å²) in [6, 6.07) is 3.65.